The highest BCUT2D eigenvalue weighted by Crippen LogP contribution is 2.38. The van der Waals surface area contributed by atoms with Gasteiger partial charge in [-0.1, -0.05) is 86.8 Å². The highest BCUT2D eigenvalue weighted by atomic mass is 16.7. The first-order chi connectivity index (χ1) is 30.6. The van der Waals surface area contributed by atoms with E-state index in [2.05, 4.69) is 0 Å². The summed E-state index contributed by atoms with van der Waals surface area (Å²) in [5.41, 5.74) is 6.02. The van der Waals surface area contributed by atoms with Crippen molar-refractivity contribution in [2.24, 2.45) is 23.5 Å². The number of hydrogen-bond donors (Lipinski definition) is 12. The fourth-order valence-corrected chi connectivity index (χ4v) is 8.11. The van der Waals surface area contributed by atoms with E-state index < -0.39 is 141 Å². The van der Waals surface area contributed by atoms with E-state index in [1.165, 1.54) is 13.0 Å². The molecule has 0 spiro atoms. The summed E-state index contributed by atoms with van der Waals surface area (Å²) < 4.78 is 23.2. The number of aliphatic carboxylic acids is 1. The van der Waals surface area contributed by atoms with Crippen LogP contribution < -0.4 is 5.73 Å². The lowest BCUT2D eigenvalue weighted by Gasteiger charge is -2.45. The van der Waals surface area contributed by atoms with Crippen LogP contribution in [0.5, 0.6) is 0 Å². The van der Waals surface area contributed by atoms with Crippen LogP contribution in [-0.2, 0) is 28.5 Å². The first kappa shape index (κ1) is 56.1. The van der Waals surface area contributed by atoms with Crippen molar-refractivity contribution in [1.29, 1.82) is 0 Å². The normalized spacial score (nSPS) is 45.2. The van der Waals surface area contributed by atoms with E-state index in [4.69, 9.17) is 24.7 Å². The van der Waals surface area contributed by atoms with E-state index in [0.717, 1.165) is 12.8 Å². The molecule has 18 nitrogen and oxygen atoms in total. The lowest BCUT2D eigenvalue weighted by Crippen LogP contribution is -2.61. The number of esters is 1. The molecule has 3 aliphatic heterocycles. The van der Waals surface area contributed by atoms with Gasteiger partial charge in [-0.05, 0) is 52.4 Å². The molecule has 0 aromatic heterocycles. The molecule has 18 heteroatoms. The average molecular weight is 926 g/mol. The molecule has 3 aliphatic rings. The quantitative estimate of drug-likeness (QED) is 0.175. The first-order valence-corrected chi connectivity index (χ1v) is 22.6. The number of aliphatic hydroxyl groups is 10. The van der Waals surface area contributed by atoms with E-state index in [9.17, 15) is 65.8 Å². The van der Waals surface area contributed by atoms with Gasteiger partial charge in [-0.2, -0.15) is 0 Å². The fraction of sp³-hybridized carbons (Fsp3) is 0.702. The van der Waals surface area contributed by atoms with Gasteiger partial charge in [-0.25, -0.2) is 0 Å². The van der Waals surface area contributed by atoms with Crippen molar-refractivity contribution in [2.75, 3.05) is 0 Å². The third-order valence-electron chi connectivity index (χ3n) is 12.2. The molecular weight excluding hydrogens is 851 g/mol. The first-order valence-electron chi connectivity index (χ1n) is 22.6. The van der Waals surface area contributed by atoms with Crippen LogP contribution in [0.3, 0.4) is 0 Å². The molecule has 2 bridgehead atoms. The lowest BCUT2D eigenvalue weighted by atomic mass is 9.82. The zero-order valence-electron chi connectivity index (χ0n) is 37.8. The van der Waals surface area contributed by atoms with Crippen LogP contribution in [0.15, 0.2) is 72.9 Å². The molecule has 3 heterocycles. The Morgan fingerprint density at radius 1 is 0.692 bits per heavy atom. The number of aliphatic hydroxyl groups excluding tert-OH is 9. The van der Waals surface area contributed by atoms with E-state index in [1.807, 2.05) is 49.5 Å². The Balaban J connectivity index is 1.84. The number of rotatable bonds is 3. The molecule has 2 saturated heterocycles. The van der Waals surface area contributed by atoms with Crippen LogP contribution in [0, 0.1) is 17.8 Å². The van der Waals surface area contributed by atoms with Crippen molar-refractivity contribution in [1.82, 2.24) is 0 Å². The van der Waals surface area contributed by atoms with E-state index in [1.54, 1.807) is 38.2 Å². The highest BCUT2D eigenvalue weighted by Gasteiger charge is 2.51. The van der Waals surface area contributed by atoms with Crippen LogP contribution in [-0.4, -0.2) is 166 Å². The summed E-state index contributed by atoms with van der Waals surface area (Å²) >= 11 is 0. The fourth-order valence-electron chi connectivity index (χ4n) is 8.11. The summed E-state index contributed by atoms with van der Waals surface area (Å²) in [5.74, 6) is -6.82. The summed E-state index contributed by atoms with van der Waals surface area (Å²) in [7, 11) is 0. The minimum Gasteiger partial charge on any atom is -0.481 e. The largest absolute Gasteiger partial charge is 0.481 e. The number of carboxylic acid groups (broad SMARTS) is 1. The number of fused-ring (bicyclic) bond motifs is 2. The molecule has 0 aromatic rings. The molecule has 9 unspecified atom stereocenters. The third kappa shape index (κ3) is 18.8. The smallest absolute Gasteiger partial charge is 0.311 e. The SMILES string of the molecule is C[C@@H]1[C@H](O)[C@@H](C)/C=C\C=C\CC/C=C/C=C/C=C/C=C/C(O[C@@H]2O[C@H](C)[C@@H](O)[C@H](N)[C@@H]2O)CC2O[C@](O)(CC(O)C(O)CCC(O)CC(O)CC(O)CC(=O)O[C@H]1C)CC(O)C2C(=O)O. The zero-order chi connectivity index (χ0) is 48.4. The third-order valence-corrected chi connectivity index (χ3v) is 12.2. The predicted molar refractivity (Wildman–Crippen MR) is 237 cm³/mol. The van der Waals surface area contributed by atoms with Gasteiger partial charge in [-0.3, -0.25) is 9.59 Å². The molecular formula is C47H75NO17. The molecule has 0 amide bonds. The van der Waals surface area contributed by atoms with E-state index >= 15 is 0 Å². The summed E-state index contributed by atoms with van der Waals surface area (Å²) in [6, 6.07) is -1.14. The minimum atomic E-state index is -2.35. The summed E-state index contributed by atoms with van der Waals surface area (Å²) in [4.78, 5) is 25.1. The van der Waals surface area contributed by atoms with Gasteiger partial charge in [0, 0.05) is 31.1 Å². The van der Waals surface area contributed by atoms with Gasteiger partial charge in [0.05, 0.1) is 79.6 Å². The Kier molecular flexibility index (Phi) is 23.8. The number of carboxylic acids is 1. The molecule has 370 valence electrons. The van der Waals surface area contributed by atoms with Gasteiger partial charge < -0.3 is 80.9 Å². The number of allylic oxidation sites excluding steroid dienone is 10. The minimum absolute atomic E-state index is 0.138. The maximum absolute atomic E-state index is 12.6. The topological polar surface area (TPSA) is 320 Å². The number of ether oxygens (including phenoxy) is 4. The Bertz CT molecular complexity index is 1620. The second kappa shape index (κ2) is 27.6. The molecule has 0 saturated carbocycles. The van der Waals surface area contributed by atoms with Crippen molar-refractivity contribution in [3.05, 3.63) is 72.9 Å². The monoisotopic (exact) mass is 926 g/mol. The van der Waals surface area contributed by atoms with Gasteiger partial charge >= 0.3 is 11.9 Å². The van der Waals surface area contributed by atoms with Crippen LogP contribution >= 0.6 is 0 Å². The van der Waals surface area contributed by atoms with Crippen LogP contribution in [0.2, 0.25) is 0 Å². The predicted octanol–water partition coefficient (Wildman–Crippen LogP) is 0.936. The maximum Gasteiger partial charge on any atom is 0.311 e. The van der Waals surface area contributed by atoms with Gasteiger partial charge in [0.15, 0.2) is 12.1 Å². The van der Waals surface area contributed by atoms with Crippen LogP contribution in [0.25, 0.3) is 0 Å². The second-order valence-corrected chi connectivity index (χ2v) is 17.8. The van der Waals surface area contributed by atoms with Crippen molar-refractivity contribution in [3.8, 4) is 0 Å². The lowest BCUT2D eigenvalue weighted by molar-refractivity contribution is -0.310. The van der Waals surface area contributed by atoms with Gasteiger partial charge in [-0.15, -0.1) is 0 Å². The summed E-state index contributed by atoms with van der Waals surface area (Å²) in [6.45, 7) is 6.78. The number of carbonyl (C=O) groups excluding carboxylic acids is 1. The number of nitrogens with two attached hydrogens (primary N) is 1. The summed E-state index contributed by atoms with van der Waals surface area (Å²) in [5, 5.41) is 118. The zero-order valence-corrected chi connectivity index (χ0v) is 37.8. The molecule has 3 rings (SSSR count). The van der Waals surface area contributed by atoms with Crippen molar-refractivity contribution in [3.63, 3.8) is 0 Å². The Labute approximate surface area is 381 Å². The Hall–Kier alpha value is -3.18. The van der Waals surface area contributed by atoms with Gasteiger partial charge in [0.1, 0.15) is 18.1 Å². The number of carbonyl (C=O) groups is 2. The highest BCUT2D eigenvalue weighted by molar-refractivity contribution is 5.71. The summed E-state index contributed by atoms with van der Waals surface area (Å²) in [6.07, 6.45) is 2.28. The van der Waals surface area contributed by atoms with Crippen molar-refractivity contribution in [2.45, 2.75) is 189 Å². The van der Waals surface area contributed by atoms with E-state index in [0.29, 0.717) is 0 Å². The van der Waals surface area contributed by atoms with Crippen LogP contribution in [0.4, 0.5) is 0 Å². The van der Waals surface area contributed by atoms with Crippen LogP contribution in [0.1, 0.15) is 91.9 Å². The Morgan fingerprint density at radius 2 is 1.28 bits per heavy atom. The van der Waals surface area contributed by atoms with E-state index in [-0.39, 0.29) is 38.0 Å². The molecule has 13 N–H and O–H groups in total. The molecule has 65 heavy (non-hydrogen) atoms. The van der Waals surface area contributed by atoms with Gasteiger partial charge in [0.2, 0.25) is 0 Å². The maximum atomic E-state index is 12.6. The number of cyclic esters (lactones) is 1. The van der Waals surface area contributed by atoms with Crippen molar-refractivity contribution < 1.29 is 84.7 Å². The molecule has 0 radical (unpaired) electrons. The Morgan fingerprint density at radius 3 is 1.94 bits per heavy atom. The molecule has 0 aromatic carbocycles. The number of hydrogen-bond acceptors (Lipinski definition) is 17. The molecule has 19 atom stereocenters. The second-order valence-electron chi connectivity index (χ2n) is 17.8. The van der Waals surface area contributed by atoms with Crippen molar-refractivity contribution >= 4 is 11.9 Å². The molecule has 0 aliphatic carbocycles. The van der Waals surface area contributed by atoms with Gasteiger partial charge in [0.25, 0.3) is 0 Å². The molecule has 2 fully saturated rings. The standard InChI is InChI=1S/C47H75NO17/c1-27-17-15-13-11-9-7-5-6-8-10-12-14-16-18-34(64-46-44(58)41(48)43(57)30(4)63-46)24-38-40(45(59)60)37(54)26-47(61,65-38)25-36(53)35(52)20-19-31(49)21-32(50)22-33(51)23-39(55)62-29(3)28(2)42(27)56/h5-6,8,10-18,27-38,40-44,46,49-54,56-58,61H,7,9,19-26,48H2,1-4H3,(H,59,60)/b6-5+,10-8+,13-11+,14-12+,17-15-,18-16+/t27-,28-,29-,30+,31?,32?,33?,34?,35?,36?,37?,38?,40?,41-,42+,43+,44-,46-,47+/m0/s1. The average Bonchev–Trinajstić information content (AvgIpc) is 3.21.